The van der Waals surface area contributed by atoms with Crippen molar-refractivity contribution in [3.05, 3.63) is 29.6 Å². The van der Waals surface area contributed by atoms with Crippen molar-refractivity contribution in [2.45, 2.75) is 12.5 Å². The smallest absolute Gasteiger partial charge is 0.165 e. The van der Waals surface area contributed by atoms with E-state index in [9.17, 15) is 4.39 Å². The van der Waals surface area contributed by atoms with Crippen molar-refractivity contribution in [2.24, 2.45) is 11.5 Å². The molecule has 1 aromatic carbocycles. The second kappa shape index (κ2) is 4.93. The summed E-state index contributed by atoms with van der Waals surface area (Å²) in [6, 6.07) is 4.45. The molecule has 0 fully saturated rings. The van der Waals surface area contributed by atoms with Crippen LogP contribution in [0.4, 0.5) is 4.39 Å². The summed E-state index contributed by atoms with van der Waals surface area (Å²) in [5, 5.41) is 0. The Kier molecular flexibility index (Phi) is 3.85. The highest BCUT2D eigenvalue weighted by Gasteiger charge is 2.08. The Bertz CT molecular complexity index is 304. The van der Waals surface area contributed by atoms with Gasteiger partial charge in [0, 0.05) is 6.04 Å². The van der Waals surface area contributed by atoms with E-state index >= 15 is 0 Å². The molecule has 0 heterocycles. The van der Waals surface area contributed by atoms with Crippen LogP contribution in [-0.4, -0.2) is 13.7 Å². The number of nitrogens with two attached hydrogens (primary N) is 2. The Morgan fingerprint density at radius 1 is 1.50 bits per heavy atom. The SMILES string of the molecule is COc1cc([C@@H](N)CCN)ccc1F. The van der Waals surface area contributed by atoms with Gasteiger partial charge >= 0.3 is 0 Å². The summed E-state index contributed by atoms with van der Waals surface area (Å²) < 4.78 is 17.9. The quantitative estimate of drug-likeness (QED) is 0.763. The largest absolute Gasteiger partial charge is 0.494 e. The Morgan fingerprint density at radius 2 is 2.21 bits per heavy atom. The summed E-state index contributed by atoms with van der Waals surface area (Å²) in [6.07, 6.45) is 0.675. The minimum atomic E-state index is -0.379. The van der Waals surface area contributed by atoms with Crippen LogP contribution in [0.3, 0.4) is 0 Å². The molecule has 0 saturated carbocycles. The van der Waals surface area contributed by atoms with Crippen LogP contribution in [0.5, 0.6) is 5.75 Å². The summed E-state index contributed by atoms with van der Waals surface area (Å²) in [6.45, 7) is 0.515. The van der Waals surface area contributed by atoms with Crippen LogP contribution in [0.2, 0.25) is 0 Å². The third kappa shape index (κ3) is 2.43. The van der Waals surface area contributed by atoms with Gasteiger partial charge in [-0.2, -0.15) is 0 Å². The van der Waals surface area contributed by atoms with Gasteiger partial charge in [0.15, 0.2) is 11.6 Å². The van der Waals surface area contributed by atoms with Crippen molar-refractivity contribution < 1.29 is 9.13 Å². The average molecular weight is 198 g/mol. The lowest BCUT2D eigenvalue weighted by molar-refractivity contribution is 0.385. The predicted molar refractivity (Wildman–Crippen MR) is 53.6 cm³/mol. The van der Waals surface area contributed by atoms with Gasteiger partial charge in [-0.25, -0.2) is 4.39 Å². The molecule has 1 aromatic rings. The lowest BCUT2D eigenvalue weighted by atomic mass is 10.0. The van der Waals surface area contributed by atoms with Crippen LogP contribution < -0.4 is 16.2 Å². The van der Waals surface area contributed by atoms with E-state index in [1.165, 1.54) is 13.2 Å². The Morgan fingerprint density at radius 3 is 2.79 bits per heavy atom. The fraction of sp³-hybridized carbons (Fsp3) is 0.400. The van der Waals surface area contributed by atoms with E-state index in [2.05, 4.69) is 0 Å². The normalized spacial score (nSPS) is 12.6. The average Bonchev–Trinajstić information content (AvgIpc) is 2.19. The highest BCUT2D eigenvalue weighted by atomic mass is 19.1. The molecule has 0 aromatic heterocycles. The Hall–Kier alpha value is -1.13. The lowest BCUT2D eigenvalue weighted by Crippen LogP contribution is -2.15. The lowest BCUT2D eigenvalue weighted by Gasteiger charge is -2.12. The molecule has 1 atom stereocenters. The molecule has 0 aliphatic heterocycles. The molecule has 0 unspecified atom stereocenters. The molecule has 4 heteroatoms. The van der Waals surface area contributed by atoms with E-state index < -0.39 is 0 Å². The van der Waals surface area contributed by atoms with Gasteiger partial charge in [-0.15, -0.1) is 0 Å². The number of hydrogen-bond donors (Lipinski definition) is 2. The van der Waals surface area contributed by atoms with Crippen LogP contribution in [0.1, 0.15) is 18.0 Å². The van der Waals surface area contributed by atoms with Crippen LogP contribution in [-0.2, 0) is 0 Å². The molecule has 0 spiro atoms. The molecule has 0 aliphatic carbocycles. The minimum Gasteiger partial charge on any atom is -0.494 e. The van der Waals surface area contributed by atoms with Crippen LogP contribution in [0, 0.1) is 5.82 Å². The number of benzene rings is 1. The number of methoxy groups -OCH3 is 1. The highest BCUT2D eigenvalue weighted by molar-refractivity contribution is 5.31. The molecule has 0 aliphatic rings. The fourth-order valence-corrected chi connectivity index (χ4v) is 1.25. The van der Waals surface area contributed by atoms with Crippen molar-refractivity contribution >= 4 is 0 Å². The maximum absolute atomic E-state index is 13.0. The predicted octanol–water partition coefficient (Wildman–Crippen LogP) is 1.18. The topological polar surface area (TPSA) is 61.3 Å². The zero-order valence-electron chi connectivity index (χ0n) is 8.16. The molecular weight excluding hydrogens is 183 g/mol. The molecule has 0 amide bonds. The first-order valence-electron chi connectivity index (χ1n) is 4.48. The first-order chi connectivity index (χ1) is 6.69. The first-order valence-corrected chi connectivity index (χ1v) is 4.48. The zero-order chi connectivity index (χ0) is 10.6. The van der Waals surface area contributed by atoms with Gasteiger partial charge in [-0.1, -0.05) is 6.07 Å². The van der Waals surface area contributed by atoms with Crippen molar-refractivity contribution in [3.63, 3.8) is 0 Å². The van der Waals surface area contributed by atoms with E-state index in [0.717, 1.165) is 5.56 Å². The fourth-order valence-electron chi connectivity index (χ4n) is 1.25. The van der Waals surface area contributed by atoms with E-state index in [4.69, 9.17) is 16.2 Å². The first kappa shape index (κ1) is 10.9. The molecule has 0 saturated heterocycles. The monoisotopic (exact) mass is 198 g/mol. The second-order valence-corrected chi connectivity index (χ2v) is 3.08. The van der Waals surface area contributed by atoms with Crippen LogP contribution in [0.25, 0.3) is 0 Å². The summed E-state index contributed by atoms with van der Waals surface area (Å²) in [7, 11) is 1.43. The zero-order valence-corrected chi connectivity index (χ0v) is 8.16. The van der Waals surface area contributed by atoms with Crippen molar-refractivity contribution in [1.82, 2.24) is 0 Å². The number of hydrogen-bond acceptors (Lipinski definition) is 3. The molecular formula is C10H15FN2O. The van der Waals surface area contributed by atoms with Crippen molar-refractivity contribution in [1.29, 1.82) is 0 Å². The van der Waals surface area contributed by atoms with Crippen molar-refractivity contribution in [2.75, 3.05) is 13.7 Å². The number of halogens is 1. The summed E-state index contributed by atoms with van der Waals surface area (Å²) in [4.78, 5) is 0. The standard InChI is InChI=1S/C10H15FN2O/c1-14-10-6-7(2-3-8(10)11)9(13)4-5-12/h2-3,6,9H,4-5,12-13H2,1H3/t9-/m0/s1. The third-order valence-corrected chi connectivity index (χ3v) is 2.08. The Labute approximate surface area is 82.9 Å². The third-order valence-electron chi connectivity index (χ3n) is 2.08. The highest BCUT2D eigenvalue weighted by Crippen LogP contribution is 2.22. The van der Waals surface area contributed by atoms with Crippen LogP contribution in [0.15, 0.2) is 18.2 Å². The molecule has 4 N–H and O–H groups in total. The van der Waals surface area contributed by atoms with Gasteiger partial charge in [-0.3, -0.25) is 0 Å². The second-order valence-electron chi connectivity index (χ2n) is 3.08. The maximum Gasteiger partial charge on any atom is 0.165 e. The van der Waals surface area contributed by atoms with Gasteiger partial charge < -0.3 is 16.2 Å². The maximum atomic E-state index is 13.0. The van der Waals surface area contributed by atoms with E-state index in [1.807, 2.05) is 0 Å². The number of ether oxygens (including phenoxy) is 1. The van der Waals surface area contributed by atoms with Gasteiger partial charge in [-0.05, 0) is 30.7 Å². The van der Waals surface area contributed by atoms with Gasteiger partial charge in [0.05, 0.1) is 7.11 Å². The molecule has 14 heavy (non-hydrogen) atoms. The Balaban J connectivity index is 2.88. The summed E-state index contributed by atoms with van der Waals surface area (Å²) >= 11 is 0. The summed E-state index contributed by atoms with van der Waals surface area (Å²) in [5.74, 6) is -0.161. The molecule has 0 bridgehead atoms. The van der Waals surface area contributed by atoms with Gasteiger partial charge in [0.2, 0.25) is 0 Å². The van der Waals surface area contributed by atoms with Gasteiger partial charge in [0.1, 0.15) is 0 Å². The van der Waals surface area contributed by atoms with Crippen molar-refractivity contribution in [3.8, 4) is 5.75 Å². The van der Waals surface area contributed by atoms with E-state index in [0.29, 0.717) is 13.0 Å². The van der Waals surface area contributed by atoms with E-state index in [1.54, 1.807) is 12.1 Å². The molecule has 78 valence electrons. The number of rotatable bonds is 4. The van der Waals surface area contributed by atoms with Crippen LogP contribution >= 0.6 is 0 Å². The minimum absolute atomic E-state index is 0.158. The molecule has 1 rings (SSSR count). The van der Waals surface area contributed by atoms with Gasteiger partial charge in [0.25, 0.3) is 0 Å². The molecule has 3 nitrogen and oxygen atoms in total. The summed E-state index contributed by atoms with van der Waals surface area (Å²) in [5.41, 5.74) is 12.0. The van der Waals surface area contributed by atoms with E-state index in [-0.39, 0.29) is 17.6 Å². The molecule has 0 radical (unpaired) electrons.